The summed E-state index contributed by atoms with van der Waals surface area (Å²) in [6, 6.07) is 5.21. The molecule has 0 aliphatic carbocycles. The van der Waals surface area contributed by atoms with Crippen LogP contribution >= 0.6 is 0 Å². The Morgan fingerprint density at radius 1 is 1.33 bits per heavy atom. The molecule has 0 amide bonds. The molecule has 0 saturated carbocycles. The zero-order chi connectivity index (χ0) is 12.0. The predicted octanol–water partition coefficient (Wildman–Crippen LogP) is -0.758. The first kappa shape index (κ1) is 12.7. The van der Waals surface area contributed by atoms with Gasteiger partial charge in [-0.2, -0.15) is 0 Å². The van der Waals surface area contributed by atoms with Gasteiger partial charge >= 0.3 is 11.9 Å². The van der Waals surface area contributed by atoms with Gasteiger partial charge in [0.15, 0.2) is 0 Å². The number of aliphatic carboxylic acids is 2. The molecule has 0 spiro atoms. The van der Waals surface area contributed by atoms with Crippen LogP contribution in [0.25, 0.3) is 0 Å². The summed E-state index contributed by atoms with van der Waals surface area (Å²) in [6.07, 6.45) is 0. The van der Waals surface area contributed by atoms with Crippen molar-refractivity contribution in [3.05, 3.63) is 23.7 Å². The van der Waals surface area contributed by atoms with E-state index in [1.807, 2.05) is 0 Å². The van der Waals surface area contributed by atoms with Crippen LogP contribution in [-0.2, 0) is 16.6 Å². The fraction of sp³-hybridized carbons (Fsp3) is 0.125. The number of hydrogen-bond acceptors (Lipinski definition) is 4. The molecule has 15 heavy (non-hydrogen) atoms. The third-order valence-electron chi connectivity index (χ3n) is 1.45. The summed E-state index contributed by atoms with van der Waals surface area (Å²) >= 11 is 0. The van der Waals surface area contributed by atoms with Crippen molar-refractivity contribution >= 4 is 17.8 Å². The summed E-state index contributed by atoms with van der Waals surface area (Å²) < 4.78 is 1.61. The second-order valence-electron chi connectivity index (χ2n) is 2.51. The molecule has 1 heterocycles. The van der Waals surface area contributed by atoms with Crippen LogP contribution in [0.4, 0.5) is 5.82 Å². The third kappa shape index (κ3) is 4.46. The first-order valence-electron chi connectivity index (χ1n) is 3.78. The van der Waals surface area contributed by atoms with Gasteiger partial charge in [0.25, 0.3) is 0 Å². The fourth-order valence-corrected chi connectivity index (χ4v) is 0.601. The summed E-state index contributed by atoms with van der Waals surface area (Å²) in [6.45, 7) is 0. The third-order valence-corrected chi connectivity index (χ3v) is 1.45. The van der Waals surface area contributed by atoms with Crippen molar-refractivity contribution < 1.29 is 19.8 Å². The Kier molecular flexibility index (Phi) is 4.59. The summed E-state index contributed by atoms with van der Waals surface area (Å²) in [7, 11) is 1.76. The number of carboxylic acid groups (broad SMARTS) is 2. The van der Waals surface area contributed by atoms with Crippen LogP contribution in [0.5, 0.6) is 0 Å². The van der Waals surface area contributed by atoms with Gasteiger partial charge in [-0.3, -0.25) is 5.41 Å². The number of rotatable bonds is 0. The van der Waals surface area contributed by atoms with Crippen molar-refractivity contribution in [1.82, 2.24) is 4.57 Å². The highest BCUT2D eigenvalue weighted by molar-refractivity contribution is 6.27. The summed E-state index contributed by atoms with van der Waals surface area (Å²) in [5.74, 6) is -3.03. The number of carboxylic acids is 2. The van der Waals surface area contributed by atoms with E-state index in [-0.39, 0.29) is 0 Å². The molecule has 0 atom stereocenters. The first-order valence-corrected chi connectivity index (χ1v) is 3.78. The lowest BCUT2D eigenvalue weighted by Gasteiger charge is -2.00. The van der Waals surface area contributed by atoms with E-state index < -0.39 is 11.9 Å². The van der Waals surface area contributed by atoms with E-state index in [0.717, 1.165) is 0 Å². The van der Waals surface area contributed by atoms with E-state index in [4.69, 9.17) is 30.9 Å². The maximum atomic E-state index is 9.10. The standard InChI is InChI=1S/C6H9N3.C2H2O4/c1-9-5(7)3-2-4-6(9)8;3-1(4)2(5)6/h2-4,7H,8H2,1H3;(H,3,4)(H,5,6). The minimum Gasteiger partial charge on any atom is -0.473 e. The Bertz CT molecular complexity index is 412. The van der Waals surface area contributed by atoms with Gasteiger partial charge in [0.1, 0.15) is 11.3 Å². The molecule has 0 aromatic carbocycles. The van der Waals surface area contributed by atoms with E-state index >= 15 is 0 Å². The highest BCUT2D eigenvalue weighted by Gasteiger charge is 2.04. The van der Waals surface area contributed by atoms with Crippen molar-refractivity contribution in [3.63, 3.8) is 0 Å². The Morgan fingerprint density at radius 2 is 1.80 bits per heavy atom. The predicted molar refractivity (Wildman–Crippen MR) is 51.0 cm³/mol. The summed E-state index contributed by atoms with van der Waals surface area (Å²) in [5, 5.41) is 22.0. The highest BCUT2D eigenvalue weighted by atomic mass is 16.4. The monoisotopic (exact) mass is 213 g/mol. The molecule has 0 saturated heterocycles. The van der Waals surface area contributed by atoms with Crippen molar-refractivity contribution in [1.29, 1.82) is 5.41 Å². The van der Waals surface area contributed by atoms with Crippen molar-refractivity contribution in [2.24, 2.45) is 7.05 Å². The van der Waals surface area contributed by atoms with E-state index in [2.05, 4.69) is 0 Å². The maximum Gasteiger partial charge on any atom is 0.414 e. The zero-order valence-electron chi connectivity index (χ0n) is 7.97. The van der Waals surface area contributed by atoms with Crippen LogP contribution in [0, 0.1) is 5.41 Å². The summed E-state index contributed by atoms with van der Waals surface area (Å²) in [4.78, 5) is 18.2. The Labute approximate surface area is 84.9 Å². The maximum absolute atomic E-state index is 9.10. The lowest BCUT2D eigenvalue weighted by atomic mass is 10.4. The van der Waals surface area contributed by atoms with E-state index in [1.165, 1.54) is 0 Å². The lowest BCUT2D eigenvalue weighted by Crippen LogP contribution is -2.17. The highest BCUT2D eigenvalue weighted by Crippen LogP contribution is 1.91. The number of carbonyl (C=O) groups is 2. The molecule has 0 bridgehead atoms. The van der Waals surface area contributed by atoms with Gasteiger partial charge in [-0.05, 0) is 12.1 Å². The van der Waals surface area contributed by atoms with Gasteiger partial charge in [0.2, 0.25) is 0 Å². The average Bonchev–Trinajstić information content (AvgIpc) is 2.15. The second-order valence-corrected chi connectivity index (χ2v) is 2.51. The van der Waals surface area contributed by atoms with Gasteiger partial charge in [-0.1, -0.05) is 6.07 Å². The van der Waals surface area contributed by atoms with Crippen molar-refractivity contribution in [2.75, 3.05) is 5.73 Å². The molecular formula is C8H11N3O4. The zero-order valence-corrected chi connectivity index (χ0v) is 7.97. The van der Waals surface area contributed by atoms with Gasteiger partial charge < -0.3 is 20.5 Å². The Hall–Kier alpha value is -2.31. The van der Waals surface area contributed by atoms with Crippen LogP contribution in [0.1, 0.15) is 0 Å². The van der Waals surface area contributed by atoms with Crippen molar-refractivity contribution in [3.8, 4) is 0 Å². The van der Waals surface area contributed by atoms with Crippen LogP contribution < -0.4 is 11.2 Å². The number of nitrogens with two attached hydrogens (primary N) is 1. The molecule has 0 radical (unpaired) electrons. The van der Waals surface area contributed by atoms with Gasteiger partial charge in [-0.25, -0.2) is 9.59 Å². The molecule has 1 rings (SSSR count). The summed E-state index contributed by atoms with van der Waals surface area (Å²) in [5.41, 5.74) is 5.89. The Balaban J connectivity index is 0.000000288. The number of nitrogens with one attached hydrogen (secondary N) is 1. The molecular weight excluding hydrogens is 202 g/mol. The van der Waals surface area contributed by atoms with E-state index in [0.29, 0.717) is 11.3 Å². The van der Waals surface area contributed by atoms with E-state index in [9.17, 15) is 0 Å². The quantitative estimate of drug-likeness (QED) is 0.421. The topological polar surface area (TPSA) is 129 Å². The molecule has 7 nitrogen and oxygen atoms in total. The minimum atomic E-state index is -1.82. The molecule has 5 N–H and O–H groups in total. The van der Waals surface area contributed by atoms with Crippen LogP contribution in [-0.4, -0.2) is 26.7 Å². The van der Waals surface area contributed by atoms with Crippen LogP contribution in [0.3, 0.4) is 0 Å². The first-order chi connectivity index (χ1) is 6.86. The molecule has 0 aliphatic heterocycles. The number of hydrogen-bond donors (Lipinski definition) is 4. The molecule has 1 aromatic rings. The number of anilines is 1. The van der Waals surface area contributed by atoms with Gasteiger partial charge in [0, 0.05) is 7.05 Å². The second kappa shape index (κ2) is 5.43. The average molecular weight is 213 g/mol. The van der Waals surface area contributed by atoms with Crippen LogP contribution in [0.15, 0.2) is 18.2 Å². The normalized spacial score (nSPS) is 8.60. The number of aromatic nitrogens is 1. The van der Waals surface area contributed by atoms with Crippen LogP contribution in [0.2, 0.25) is 0 Å². The molecule has 0 aliphatic rings. The minimum absolute atomic E-state index is 0.426. The molecule has 0 fully saturated rings. The lowest BCUT2D eigenvalue weighted by molar-refractivity contribution is -0.159. The van der Waals surface area contributed by atoms with Gasteiger partial charge in [0.05, 0.1) is 0 Å². The largest absolute Gasteiger partial charge is 0.473 e. The SMILES string of the molecule is Cn1c(N)cccc1=N.O=C(O)C(=O)O. The molecule has 0 unspecified atom stereocenters. The van der Waals surface area contributed by atoms with Gasteiger partial charge in [-0.15, -0.1) is 0 Å². The molecule has 82 valence electrons. The van der Waals surface area contributed by atoms with E-state index in [1.54, 1.807) is 29.8 Å². The molecule has 7 heteroatoms. The van der Waals surface area contributed by atoms with Crippen molar-refractivity contribution in [2.45, 2.75) is 0 Å². The smallest absolute Gasteiger partial charge is 0.414 e. The fourth-order valence-electron chi connectivity index (χ4n) is 0.601. The number of nitrogen functional groups attached to an aromatic ring is 1. The molecule has 1 aromatic heterocycles. The number of nitrogens with zero attached hydrogens (tertiary/aromatic N) is 1. The number of pyridine rings is 1. The Morgan fingerprint density at radius 3 is 2.07 bits per heavy atom.